The first-order chi connectivity index (χ1) is 13.0. The number of nitrogens with one attached hydrogen (secondary N) is 2. The van der Waals surface area contributed by atoms with Gasteiger partial charge in [0, 0.05) is 36.6 Å². The second-order valence-electron chi connectivity index (χ2n) is 7.01. The Bertz CT molecular complexity index is 893. The van der Waals surface area contributed by atoms with E-state index in [9.17, 15) is 14.4 Å². The van der Waals surface area contributed by atoms with E-state index in [1.165, 1.54) is 0 Å². The Hall–Kier alpha value is -2.87. The van der Waals surface area contributed by atoms with Gasteiger partial charge < -0.3 is 19.9 Å². The van der Waals surface area contributed by atoms with Gasteiger partial charge in [-0.15, -0.1) is 0 Å². The number of H-pyrrole nitrogens is 1. The summed E-state index contributed by atoms with van der Waals surface area (Å²) in [5.74, 6) is -0.596. The Morgan fingerprint density at radius 1 is 1.30 bits per heavy atom. The molecule has 0 unspecified atom stereocenters. The average molecular weight is 370 g/mol. The molecule has 1 aromatic heterocycles. The first-order valence-corrected chi connectivity index (χ1v) is 9.09. The number of imide groups is 1. The highest BCUT2D eigenvalue weighted by Crippen LogP contribution is 2.21. The largest absolute Gasteiger partial charge is 0.375 e. The first kappa shape index (κ1) is 17.5. The van der Waals surface area contributed by atoms with Crippen molar-refractivity contribution in [3.8, 4) is 0 Å². The molecule has 27 heavy (non-hydrogen) atoms. The van der Waals surface area contributed by atoms with Crippen LogP contribution in [0.15, 0.2) is 30.5 Å². The van der Waals surface area contributed by atoms with Crippen LogP contribution >= 0.6 is 0 Å². The third-order valence-electron chi connectivity index (χ3n) is 5.09. The van der Waals surface area contributed by atoms with Crippen LogP contribution in [0.3, 0.4) is 0 Å². The maximum atomic E-state index is 12.7. The molecule has 0 spiro atoms. The molecule has 142 valence electrons. The number of fused-ring (bicyclic) bond motifs is 1. The van der Waals surface area contributed by atoms with E-state index in [-0.39, 0.29) is 24.5 Å². The Morgan fingerprint density at radius 2 is 2.11 bits per heavy atom. The van der Waals surface area contributed by atoms with E-state index < -0.39 is 12.1 Å². The number of carbonyl (C=O) groups is 3. The van der Waals surface area contributed by atoms with E-state index in [0.29, 0.717) is 26.1 Å². The van der Waals surface area contributed by atoms with Crippen molar-refractivity contribution in [2.45, 2.75) is 25.5 Å². The van der Waals surface area contributed by atoms with Gasteiger partial charge >= 0.3 is 6.03 Å². The van der Waals surface area contributed by atoms with Gasteiger partial charge in [-0.1, -0.05) is 18.2 Å². The fraction of sp³-hybridized carbons (Fsp3) is 0.421. The monoisotopic (exact) mass is 370 g/mol. The molecule has 2 atom stereocenters. The van der Waals surface area contributed by atoms with Crippen molar-refractivity contribution in [1.29, 1.82) is 0 Å². The van der Waals surface area contributed by atoms with Gasteiger partial charge in [0.25, 0.3) is 5.91 Å². The number of hydrogen-bond acceptors (Lipinski definition) is 4. The third kappa shape index (κ3) is 3.40. The highest BCUT2D eigenvalue weighted by Gasteiger charge is 2.40. The Morgan fingerprint density at radius 3 is 2.93 bits per heavy atom. The van der Waals surface area contributed by atoms with Crippen LogP contribution < -0.4 is 5.32 Å². The van der Waals surface area contributed by atoms with Crippen LogP contribution in [0.1, 0.15) is 12.5 Å². The molecule has 3 heterocycles. The van der Waals surface area contributed by atoms with Crippen molar-refractivity contribution in [1.82, 2.24) is 20.1 Å². The molecule has 2 saturated heterocycles. The summed E-state index contributed by atoms with van der Waals surface area (Å²) in [6.07, 6.45) is 2.20. The predicted octanol–water partition coefficient (Wildman–Crippen LogP) is 0.878. The summed E-state index contributed by atoms with van der Waals surface area (Å²) >= 11 is 0. The fourth-order valence-electron chi connectivity index (χ4n) is 3.67. The minimum absolute atomic E-state index is 0.0413. The van der Waals surface area contributed by atoms with Crippen LogP contribution in [-0.4, -0.2) is 71.0 Å². The van der Waals surface area contributed by atoms with Crippen molar-refractivity contribution in [2.24, 2.45) is 0 Å². The lowest BCUT2D eigenvalue weighted by Crippen LogP contribution is -2.49. The molecule has 4 amide bonds. The van der Waals surface area contributed by atoms with E-state index >= 15 is 0 Å². The molecule has 2 aromatic rings. The molecule has 2 N–H and O–H groups in total. The lowest BCUT2D eigenvalue weighted by atomic mass is 10.1. The maximum absolute atomic E-state index is 12.7. The fourth-order valence-corrected chi connectivity index (χ4v) is 3.67. The minimum atomic E-state index is -0.659. The van der Waals surface area contributed by atoms with Crippen LogP contribution in [0.2, 0.25) is 0 Å². The topological polar surface area (TPSA) is 94.7 Å². The number of morpholine rings is 1. The average Bonchev–Trinajstić information content (AvgIpc) is 3.18. The summed E-state index contributed by atoms with van der Waals surface area (Å²) in [6.45, 7) is 3.08. The molecule has 4 rings (SSSR count). The predicted molar refractivity (Wildman–Crippen MR) is 98.0 cm³/mol. The molecular formula is C19H22N4O4. The number of urea groups is 1. The Balaban J connectivity index is 1.43. The SMILES string of the molecule is C[C@H]1CN(C(=O)CN2C(=O)N[C@H](Cc3c[nH]c4ccccc34)C2=O)CCO1. The number of amides is 4. The molecule has 0 aliphatic carbocycles. The van der Waals surface area contributed by atoms with Crippen molar-refractivity contribution in [2.75, 3.05) is 26.2 Å². The quantitative estimate of drug-likeness (QED) is 0.781. The zero-order chi connectivity index (χ0) is 19.0. The standard InChI is InChI=1S/C19H22N4O4/c1-12-10-22(6-7-27-12)17(24)11-23-18(25)16(21-19(23)26)8-13-9-20-15-5-3-2-4-14(13)15/h2-5,9,12,16,20H,6-8,10-11H2,1H3,(H,21,26)/t12-,16+/m0/s1. The second-order valence-corrected chi connectivity index (χ2v) is 7.01. The van der Waals surface area contributed by atoms with Gasteiger partial charge in [0.1, 0.15) is 12.6 Å². The number of rotatable bonds is 4. The molecule has 0 radical (unpaired) electrons. The summed E-state index contributed by atoms with van der Waals surface area (Å²) < 4.78 is 5.42. The van der Waals surface area contributed by atoms with Crippen molar-refractivity contribution in [3.63, 3.8) is 0 Å². The number of hydrogen-bond donors (Lipinski definition) is 2. The zero-order valence-electron chi connectivity index (χ0n) is 15.1. The van der Waals surface area contributed by atoms with E-state index in [1.54, 1.807) is 4.90 Å². The Kier molecular flexibility index (Phi) is 4.57. The van der Waals surface area contributed by atoms with Gasteiger partial charge in [-0.25, -0.2) is 4.79 Å². The lowest BCUT2D eigenvalue weighted by molar-refractivity contribution is -0.142. The first-order valence-electron chi connectivity index (χ1n) is 9.09. The van der Waals surface area contributed by atoms with Gasteiger partial charge in [-0.2, -0.15) is 0 Å². The summed E-state index contributed by atoms with van der Waals surface area (Å²) in [6, 6.07) is 6.63. The summed E-state index contributed by atoms with van der Waals surface area (Å²) in [5, 5.41) is 3.73. The van der Waals surface area contributed by atoms with Crippen LogP contribution in [0, 0.1) is 0 Å². The number of aromatic amines is 1. The van der Waals surface area contributed by atoms with Crippen LogP contribution in [0.25, 0.3) is 10.9 Å². The van der Waals surface area contributed by atoms with Crippen molar-refractivity contribution < 1.29 is 19.1 Å². The highest BCUT2D eigenvalue weighted by molar-refractivity contribution is 6.06. The van der Waals surface area contributed by atoms with Gasteiger partial charge in [-0.05, 0) is 18.6 Å². The maximum Gasteiger partial charge on any atom is 0.325 e. The highest BCUT2D eigenvalue weighted by atomic mass is 16.5. The van der Waals surface area contributed by atoms with E-state index in [0.717, 1.165) is 21.4 Å². The van der Waals surface area contributed by atoms with Crippen LogP contribution in [0.5, 0.6) is 0 Å². The summed E-state index contributed by atoms with van der Waals surface area (Å²) in [5.41, 5.74) is 1.94. The number of nitrogens with zero attached hydrogens (tertiary/aromatic N) is 2. The number of para-hydroxylation sites is 1. The van der Waals surface area contributed by atoms with Crippen LogP contribution in [0.4, 0.5) is 4.79 Å². The van der Waals surface area contributed by atoms with E-state index in [4.69, 9.17) is 4.74 Å². The van der Waals surface area contributed by atoms with Gasteiger partial charge in [0.05, 0.1) is 12.7 Å². The molecule has 8 heteroatoms. The second kappa shape index (κ2) is 7.03. The van der Waals surface area contributed by atoms with E-state index in [2.05, 4.69) is 10.3 Å². The molecule has 2 fully saturated rings. The summed E-state index contributed by atoms with van der Waals surface area (Å²) in [4.78, 5) is 43.3. The van der Waals surface area contributed by atoms with Gasteiger partial charge in [-0.3, -0.25) is 14.5 Å². The lowest BCUT2D eigenvalue weighted by Gasteiger charge is -2.31. The molecule has 2 aliphatic rings. The molecular weight excluding hydrogens is 348 g/mol. The Labute approximate surface area is 156 Å². The zero-order valence-corrected chi connectivity index (χ0v) is 15.1. The number of carbonyl (C=O) groups excluding carboxylic acids is 3. The van der Waals surface area contributed by atoms with E-state index in [1.807, 2.05) is 37.4 Å². The third-order valence-corrected chi connectivity index (χ3v) is 5.09. The smallest absolute Gasteiger partial charge is 0.325 e. The normalized spacial score (nSPS) is 23.1. The molecule has 2 aliphatic heterocycles. The van der Waals surface area contributed by atoms with Gasteiger partial charge in [0.15, 0.2) is 0 Å². The van der Waals surface area contributed by atoms with Crippen molar-refractivity contribution >= 4 is 28.7 Å². The molecule has 8 nitrogen and oxygen atoms in total. The number of aromatic nitrogens is 1. The molecule has 0 bridgehead atoms. The minimum Gasteiger partial charge on any atom is -0.375 e. The number of ether oxygens (including phenoxy) is 1. The van der Waals surface area contributed by atoms with Crippen molar-refractivity contribution in [3.05, 3.63) is 36.0 Å². The molecule has 0 saturated carbocycles. The summed E-state index contributed by atoms with van der Waals surface area (Å²) in [7, 11) is 0. The van der Waals surface area contributed by atoms with Crippen LogP contribution in [-0.2, 0) is 20.7 Å². The molecule has 1 aromatic carbocycles. The number of benzene rings is 1. The van der Waals surface area contributed by atoms with Gasteiger partial charge in [0.2, 0.25) is 5.91 Å².